The van der Waals surface area contributed by atoms with Gasteiger partial charge in [0.1, 0.15) is 17.0 Å². The van der Waals surface area contributed by atoms with Crippen molar-refractivity contribution in [1.29, 1.82) is 0 Å². The van der Waals surface area contributed by atoms with Crippen LogP contribution in [0.4, 0.5) is 0 Å². The number of aromatic amines is 1. The van der Waals surface area contributed by atoms with Crippen LogP contribution in [0.3, 0.4) is 0 Å². The van der Waals surface area contributed by atoms with Gasteiger partial charge >= 0.3 is 0 Å². The summed E-state index contributed by atoms with van der Waals surface area (Å²) in [7, 11) is 0. The van der Waals surface area contributed by atoms with Gasteiger partial charge in [0, 0.05) is 17.4 Å². The van der Waals surface area contributed by atoms with Crippen LogP contribution in [0.2, 0.25) is 0 Å². The number of fused-ring (bicyclic) bond motifs is 1. The second kappa shape index (κ2) is 8.29. The molecular formula is C26H26N4OS2. The van der Waals surface area contributed by atoms with Crippen LogP contribution in [-0.4, -0.2) is 38.6 Å². The van der Waals surface area contributed by atoms with E-state index in [0.29, 0.717) is 11.6 Å². The molecule has 2 aromatic carbocycles. The van der Waals surface area contributed by atoms with Gasteiger partial charge in [0.25, 0.3) is 5.91 Å². The van der Waals surface area contributed by atoms with E-state index in [-0.39, 0.29) is 11.9 Å². The number of thioether (sulfide) groups is 1. The minimum absolute atomic E-state index is 0.0294. The van der Waals surface area contributed by atoms with Crippen molar-refractivity contribution in [2.45, 2.75) is 49.5 Å². The number of thiazole rings is 1. The molecule has 2 aromatic heterocycles. The number of aryl methyl sites for hydroxylation is 1. The number of amides is 1. The standard InChI is InChI=1S/C26H26N4OS2/c1-15-8-10-16(11-9-15)23-22(29-25(33-23)17-12-13-17)26(31)30-14-4-6-19(30)24-27-18-5-3-7-20(32-2)21(18)28-24/h3,5,7-11,17,19H,4,6,12-14H2,1-2H3,(H,27,28)/t19-/m0/s1. The van der Waals surface area contributed by atoms with Crippen LogP contribution in [-0.2, 0) is 0 Å². The fourth-order valence-electron chi connectivity index (χ4n) is 4.66. The molecule has 0 bridgehead atoms. The summed E-state index contributed by atoms with van der Waals surface area (Å²) in [6.07, 6.45) is 6.32. The number of aromatic nitrogens is 3. The van der Waals surface area contributed by atoms with E-state index in [1.165, 1.54) is 18.4 Å². The average Bonchev–Trinajstić information content (AvgIpc) is 3.24. The van der Waals surface area contributed by atoms with Crippen LogP contribution in [0.15, 0.2) is 47.4 Å². The molecule has 33 heavy (non-hydrogen) atoms. The van der Waals surface area contributed by atoms with Crippen molar-refractivity contribution in [2.75, 3.05) is 12.8 Å². The SMILES string of the molecule is CSc1cccc2[nH]c([C@@H]3CCCN3C(=O)c3nc(C4CC4)sc3-c3ccc(C)cc3)nc12. The number of imidazole rings is 1. The summed E-state index contributed by atoms with van der Waals surface area (Å²) in [5, 5.41) is 1.11. The highest BCUT2D eigenvalue weighted by atomic mass is 32.2. The third-order valence-electron chi connectivity index (χ3n) is 6.63. The monoisotopic (exact) mass is 474 g/mol. The minimum atomic E-state index is -0.0449. The second-order valence-corrected chi connectivity index (χ2v) is 10.9. The number of nitrogens with one attached hydrogen (secondary N) is 1. The molecule has 3 heterocycles. The Morgan fingerprint density at radius 3 is 2.70 bits per heavy atom. The second-order valence-electron chi connectivity index (χ2n) is 9.01. The van der Waals surface area contributed by atoms with E-state index in [4.69, 9.17) is 9.97 Å². The van der Waals surface area contributed by atoms with Gasteiger partial charge in [-0.25, -0.2) is 9.97 Å². The first-order valence-electron chi connectivity index (χ1n) is 11.5. The molecular weight excluding hydrogens is 448 g/mol. The molecule has 7 heteroatoms. The number of para-hydroxylation sites is 1. The molecule has 6 rings (SSSR count). The van der Waals surface area contributed by atoms with Gasteiger partial charge < -0.3 is 9.88 Å². The lowest BCUT2D eigenvalue weighted by atomic mass is 10.1. The maximum Gasteiger partial charge on any atom is 0.274 e. The van der Waals surface area contributed by atoms with E-state index >= 15 is 0 Å². The third kappa shape index (κ3) is 3.77. The lowest BCUT2D eigenvalue weighted by Gasteiger charge is -2.23. The lowest BCUT2D eigenvalue weighted by molar-refractivity contribution is 0.0726. The van der Waals surface area contributed by atoms with Crippen molar-refractivity contribution in [3.8, 4) is 10.4 Å². The Kier molecular flexibility index (Phi) is 5.26. The van der Waals surface area contributed by atoms with E-state index in [1.807, 2.05) is 4.90 Å². The highest BCUT2D eigenvalue weighted by molar-refractivity contribution is 7.98. The Bertz CT molecular complexity index is 1340. The van der Waals surface area contributed by atoms with E-state index < -0.39 is 0 Å². The van der Waals surface area contributed by atoms with E-state index in [0.717, 1.165) is 56.6 Å². The summed E-state index contributed by atoms with van der Waals surface area (Å²) >= 11 is 3.40. The van der Waals surface area contributed by atoms with Crippen molar-refractivity contribution in [2.24, 2.45) is 0 Å². The number of H-pyrrole nitrogens is 1. The van der Waals surface area contributed by atoms with Gasteiger partial charge in [-0.2, -0.15) is 0 Å². The van der Waals surface area contributed by atoms with Gasteiger partial charge in [-0.15, -0.1) is 23.1 Å². The van der Waals surface area contributed by atoms with Gasteiger partial charge in [-0.3, -0.25) is 4.79 Å². The number of likely N-dealkylation sites (tertiary alicyclic amines) is 1. The molecule has 1 atom stereocenters. The van der Waals surface area contributed by atoms with Gasteiger partial charge in [0.05, 0.1) is 21.4 Å². The Hall–Kier alpha value is -2.64. The van der Waals surface area contributed by atoms with Crippen LogP contribution in [0.25, 0.3) is 21.5 Å². The van der Waals surface area contributed by atoms with Crippen LogP contribution >= 0.6 is 23.1 Å². The number of hydrogen-bond acceptors (Lipinski definition) is 5. The Morgan fingerprint density at radius 2 is 1.94 bits per heavy atom. The molecule has 0 unspecified atom stereocenters. The molecule has 1 N–H and O–H groups in total. The van der Waals surface area contributed by atoms with Crippen LogP contribution in [0.5, 0.6) is 0 Å². The molecule has 1 saturated carbocycles. The Balaban J connectivity index is 1.37. The van der Waals surface area contributed by atoms with Crippen molar-refractivity contribution in [3.63, 3.8) is 0 Å². The molecule has 0 spiro atoms. The molecule has 5 nitrogen and oxygen atoms in total. The number of hydrogen-bond donors (Lipinski definition) is 1. The predicted octanol–water partition coefficient (Wildman–Crippen LogP) is 6.57. The summed E-state index contributed by atoms with van der Waals surface area (Å²) in [5.74, 6) is 1.43. The number of benzene rings is 2. The number of nitrogens with zero attached hydrogens (tertiary/aromatic N) is 3. The first-order valence-corrected chi connectivity index (χ1v) is 13.6. The van der Waals surface area contributed by atoms with Crippen LogP contribution < -0.4 is 0 Å². The Labute approximate surface area is 201 Å². The van der Waals surface area contributed by atoms with Crippen molar-refractivity contribution in [1.82, 2.24) is 19.9 Å². The smallest absolute Gasteiger partial charge is 0.274 e. The van der Waals surface area contributed by atoms with Gasteiger partial charge in [-0.05, 0) is 56.6 Å². The van der Waals surface area contributed by atoms with Gasteiger partial charge in [0.15, 0.2) is 0 Å². The normalized spacial score (nSPS) is 18.4. The topological polar surface area (TPSA) is 61.9 Å². The molecule has 2 fully saturated rings. The summed E-state index contributed by atoms with van der Waals surface area (Å²) in [6.45, 7) is 2.82. The summed E-state index contributed by atoms with van der Waals surface area (Å²) in [5.41, 5.74) is 4.93. The fourth-order valence-corrected chi connectivity index (χ4v) is 6.46. The van der Waals surface area contributed by atoms with Gasteiger partial charge in [0.2, 0.25) is 0 Å². The molecule has 1 saturated heterocycles. The quantitative estimate of drug-likeness (QED) is 0.332. The molecule has 168 valence electrons. The summed E-state index contributed by atoms with van der Waals surface area (Å²) in [6, 6.07) is 14.6. The predicted molar refractivity (Wildman–Crippen MR) is 135 cm³/mol. The largest absolute Gasteiger partial charge is 0.340 e. The number of rotatable bonds is 5. The van der Waals surface area contributed by atoms with Crippen molar-refractivity contribution in [3.05, 3.63) is 64.6 Å². The minimum Gasteiger partial charge on any atom is -0.340 e. The first-order chi connectivity index (χ1) is 16.1. The molecule has 4 aromatic rings. The maximum atomic E-state index is 13.9. The fraction of sp³-hybridized carbons (Fsp3) is 0.346. The maximum absolute atomic E-state index is 13.9. The molecule has 1 aliphatic heterocycles. The molecule has 1 amide bonds. The van der Waals surface area contributed by atoms with E-state index in [2.05, 4.69) is 60.6 Å². The van der Waals surface area contributed by atoms with Crippen LogP contribution in [0, 0.1) is 6.92 Å². The number of carbonyl (C=O) groups is 1. The van der Waals surface area contributed by atoms with E-state index in [9.17, 15) is 4.79 Å². The van der Waals surface area contributed by atoms with E-state index in [1.54, 1.807) is 23.1 Å². The van der Waals surface area contributed by atoms with Crippen LogP contribution in [0.1, 0.15) is 64.5 Å². The summed E-state index contributed by atoms with van der Waals surface area (Å²) in [4.78, 5) is 31.4. The lowest BCUT2D eigenvalue weighted by Crippen LogP contribution is -2.31. The van der Waals surface area contributed by atoms with Crippen molar-refractivity contribution < 1.29 is 4.79 Å². The Morgan fingerprint density at radius 1 is 1.12 bits per heavy atom. The zero-order chi connectivity index (χ0) is 22.5. The highest BCUT2D eigenvalue weighted by Gasteiger charge is 2.37. The third-order valence-corrected chi connectivity index (χ3v) is 8.67. The highest BCUT2D eigenvalue weighted by Crippen LogP contribution is 2.45. The summed E-state index contributed by atoms with van der Waals surface area (Å²) < 4.78 is 0. The number of carbonyl (C=O) groups excluding carboxylic acids is 1. The molecule has 2 aliphatic rings. The van der Waals surface area contributed by atoms with Crippen molar-refractivity contribution >= 4 is 40.0 Å². The first kappa shape index (κ1) is 20.9. The average molecular weight is 475 g/mol. The van der Waals surface area contributed by atoms with Gasteiger partial charge in [-0.1, -0.05) is 35.9 Å². The zero-order valence-corrected chi connectivity index (χ0v) is 20.4. The zero-order valence-electron chi connectivity index (χ0n) is 18.8. The molecule has 1 aliphatic carbocycles. The molecule has 0 radical (unpaired) electrons.